The van der Waals surface area contributed by atoms with E-state index < -0.39 is 8.32 Å². The van der Waals surface area contributed by atoms with Crippen LogP contribution in [-0.4, -0.2) is 71.1 Å². The van der Waals surface area contributed by atoms with Gasteiger partial charge in [-0.3, -0.25) is 0 Å². The Morgan fingerprint density at radius 3 is 1.88 bits per heavy atom. The highest BCUT2D eigenvalue weighted by atomic mass is 28.4. The third kappa shape index (κ3) is 8.78. The van der Waals surface area contributed by atoms with Gasteiger partial charge in [0.1, 0.15) is 5.82 Å². The summed E-state index contributed by atoms with van der Waals surface area (Å²) in [5.41, 5.74) is 0.940. The molecule has 3 aromatic rings. The lowest BCUT2D eigenvalue weighted by molar-refractivity contribution is -0.0269. The van der Waals surface area contributed by atoms with E-state index in [-0.39, 0.29) is 11.1 Å². The van der Waals surface area contributed by atoms with Crippen LogP contribution in [0.25, 0.3) is 0 Å². The van der Waals surface area contributed by atoms with E-state index in [1.807, 2.05) is 12.3 Å². The van der Waals surface area contributed by atoms with Gasteiger partial charge in [-0.1, -0.05) is 81.4 Å². The number of methoxy groups -OCH3 is 1. The lowest BCUT2D eigenvalue weighted by atomic mass is 9.87. The number of hydrogen-bond acceptors (Lipinski definition) is 7. The van der Waals surface area contributed by atoms with Crippen LogP contribution in [-0.2, 0) is 30.0 Å². The zero-order chi connectivity index (χ0) is 29.7. The summed E-state index contributed by atoms with van der Waals surface area (Å²) in [6, 6.07) is 23.5. The molecule has 1 aliphatic carbocycles. The highest BCUT2D eigenvalue weighted by Gasteiger charge is 2.50. The monoisotopic (exact) mass is 592 g/mol. The fourth-order valence-electron chi connectivity index (χ4n) is 5.86. The first-order valence-corrected chi connectivity index (χ1v) is 17.2. The Bertz CT molecular complexity index is 1130. The zero-order valence-corrected chi connectivity index (χ0v) is 26.8. The Kier molecular flexibility index (Phi) is 12.7. The Hall–Kier alpha value is -2.46. The summed E-state index contributed by atoms with van der Waals surface area (Å²) >= 11 is 0. The van der Waals surface area contributed by atoms with Gasteiger partial charge >= 0.3 is 0 Å². The Morgan fingerprint density at radius 2 is 1.31 bits per heavy atom. The van der Waals surface area contributed by atoms with Crippen molar-refractivity contribution in [2.45, 2.75) is 70.1 Å². The van der Waals surface area contributed by atoms with Crippen molar-refractivity contribution in [1.29, 1.82) is 0 Å². The van der Waals surface area contributed by atoms with Gasteiger partial charge in [0, 0.05) is 19.2 Å². The third-order valence-electron chi connectivity index (χ3n) is 8.01. The van der Waals surface area contributed by atoms with Crippen molar-refractivity contribution in [1.82, 2.24) is 9.97 Å². The standard InChI is InChI=1S/C34H48N2O5Si/c1-34(2,3)42(31-11-7-5-8-12-31,32-13-9-6-10-14-32)41-27-29-19-20-35-33(36-29)28-15-17-30(18-16-28)40-26-25-39-24-23-38-22-21-37-4/h5-14,19-20,28,30H,15-18,21-27H2,1-4H3/t28-,30-. The summed E-state index contributed by atoms with van der Waals surface area (Å²) in [7, 11) is -0.958. The van der Waals surface area contributed by atoms with Crippen LogP contribution in [0.15, 0.2) is 72.9 Å². The van der Waals surface area contributed by atoms with Crippen LogP contribution >= 0.6 is 0 Å². The molecule has 1 heterocycles. The van der Waals surface area contributed by atoms with Crippen molar-refractivity contribution in [2.75, 3.05) is 46.8 Å². The second-order valence-corrected chi connectivity index (χ2v) is 16.2. The summed E-state index contributed by atoms with van der Waals surface area (Å²) in [6.45, 7) is 10.9. The lowest BCUT2D eigenvalue weighted by Crippen LogP contribution is -2.66. The molecule has 0 saturated heterocycles. The molecule has 7 nitrogen and oxygen atoms in total. The van der Waals surface area contributed by atoms with Crippen molar-refractivity contribution in [3.63, 3.8) is 0 Å². The molecule has 228 valence electrons. The minimum absolute atomic E-state index is 0.0766. The van der Waals surface area contributed by atoms with Gasteiger partial charge in [0.15, 0.2) is 0 Å². The maximum absolute atomic E-state index is 7.11. The summed E-state index contributed by atoms with van der Waals surface area (Å²) in [6.07, 6.45) is 6.24. The van der Waals surface area contributed by atoms with Gasteiger partial charge in [-0.15, -0.1) is 0 Å². The third-order valence-corrected chi connectivity index (χ3v) is 13.0. The molecule has 1 aromatic heterocycles. The first kappa shape index (κ1) is 32.5. The number of nitrogens with zero attached hydrogens (tertiary/aromatic N) is 2. The van der Waals surface area contributed by atoms with Crippen molar-refractivity contribution in [3.8, 4) is 0 Å². The van der Waals surface area contributed by atoms with Gasteiger partial charge < -0.3 is 23.4 Å². The number of ether oxygens (including phenoxy) is 4. The Labute approximate surface area is 253 Å². The van der Waals surface area contributed by atoms with Crippen molar-refractivity contribution >= 4 is 18.7 Å². The van der Waals surface area contributed by atoms with Crippen LogP contribution in [0.5, 0.6) is 0 Å². The molecule has 0 bridgehead atoms. The molecule has 2 aromatic carbocycles. The Balaban J connectivity index is 1.32. The SMILES string of the molecule is COCCOCCOCCO[C@H]1CC[C@H](c2nccc(CO[Si](c3ccccc3)(c3ccccc3)C(C)(C)C)n2)CC1. The number of hydrogen-bond donors (Lipinski definition) is 0. The van der Waals surface area contributed by atoms with E-state index in [2.05, 4.69) is 86.4 Å². The maximum atomic E-state index is 7.11. The summed E-state index contributed by atoms with van der Waals surface area (Å²) in [4.78, 5) is 9.71. The van der Waals surface area contributed by atoms with Crippen molar-refractivity contribution < 1.29 is 23.4 Å². The van der Waals surface area contributed by atoms with Crippen LogP contribution in [0.3, 0.4) is 0 Å². The molecule has 0 atom stereocenters. The molecule has 0 N–H and O–H groups in total. The van der Waals surface area contributed by atoms with Gasteiger partial charge in [0.25, 0.3) is 8.32 Å². The molecule has 1 fully saturated rings. The van der Waals surface area contributed by atoms with E-state index in [4.69, 9.17) is 28.4 Å². The molecular weight excluding hydrogens is 544 g/mol. The topological polar surface area (TPSA) is 71.9 Å². The average molecular weight is 593 g/mol. The van der Waals surface area contributed by atoms with Crippen LogP contribution in [0.2, 0.25) is 5.04 Å². The molecule has 0 aliphatic heterocycles. The van der Waals surface area contributed by atoms with Crippen LogP contribution in [0, 0.1) is 0 Å². The molecule has 0 radical (unpaired) electrons. The van der Waals surface area contributed by atoms with Gasteiger partial charge in [0.2, 0.25) is 0 Å². The largest absolute Gasteiger partial charge is 0.401 e. The van der Waals surface area contributed by atoms with E-state index in [9.17, 15) is 0 Å². The molecule has 4 rings (SSSR count). The smallest absolute Gasteiger partial charge is 0.261 e. The molecule has 0 unspecified atom stereocenters. The molecule has 0 spiro atoms. The fourth-order valence-corrected chi connectivity index (χ4v) is 10.4. The van der Waals surface area contributed by atoms with Crippen LogP contribution < -0.4 is 10.4 Å². The second kappa shape index (κ2) is 16.4. The van der Waals surface area contributed by atoms with E-state index in [0.29, 0.717) is 52.2 Å². The van der Waals surface area contributed by atoms with Gasteiger partial charge in [-0.05, 0) is 47.2 Å². The molecule has 0 amide bonds. The average Bonchev–Trinajstić information content (AvgIpc) is 3.01. The number of benzene rings is 2. The van der Waals surface area contributed by atoms with E-state index >= 15 is 0 Å². The van der Waals surface area contributed by atoms with E-state index in [1.54, 1.807) is 7.11 Å². The van der Waals surface area contributed by atoms with Crippen LogP contribution in [0.4, 0.5) is 0 Å². The molecule has 42 heavy (non-hydrogen) atoms. The predicted molar refractivity (Wildman–Crippen MR) is 169 cm³/mol. The summed E-state index contributed by atoms with van der Waals surface area (Å²) in [5.74, 6) is 1.27. The molecule has 8 heteroatoms. The Morgan fingerprint density at radius 1 is 0.738 bits per heavy atom. The fraction of sp³-hybridized carbons (Fsp3) is 0.529. The number of rotatable bonds is 16. The van der Waals surface area contributed by atoms with E-state index in [1.165, 1.54) is 10.4 Å². The van der Waals surface area contributed by atoms with Crippen LogP contribution in [0.1, 0.15) is 63.9 Å². The highest BCUT2D eigenvalue weighted by Crippen LogP contribution is 2.37. The normalized spacial score (nSPS) is 17.8. The van der Waals surface area contributed by atoms with Crippen molar-refractivity contribution in [2.24, 2.45) is 0 Å². The highest BCUT2D eigenvalue weighted by molar-refractivity contribution is 6.99. The van der Waals surface area contributed by atoms with Gasteiger partial charge in [-0.2, -0.15) is 0 Å². The first-order valence-electron chi connectivity index (χ1n) is 15.3. The van der Waals surface area contributed by atoms with Crippen molar-refractivity contribution in [3.05, 3.63) is 84.4 Å². The quantitative estimate of drug-likeness (QED) is 0.166. The first-order chi connectivity index (χ1) is 20.4. The molecule has 1 saturated carbocycles. The molecule has 1 aliphatic rings. The summed E-state index contributed by atoms with van der Waals surface area (Å²) < 4.78 is 29.2. The number of aromatic nitrogens is 2. The minimum Gasteiger partial charge on any atom is -0.401 e. The van der Waals surface area contributed by atoms with E-state index in [0.717, 1.165) is 37.2 Å². The minimum atomic E-state index is -2.63. The zero-order valence-electron chi connectivity index (χ0n) is 25.8. The molecular formula is C34H48N2O5Si. The maximum Gasteiger partial charge on any atom is 0.261 e. The van der Waals surface area contributed by atoms with Gasteiger partial charge in [-0.25, -0.2) is 9.97 Å². The summed E-state index contributed by atoms with van der Waals surface area (Å²) in [5, 5.41) is 2.47. The lowest BCUT2D eigenvalue weighted by Gasteiger charge is -2.43. The predicted octanol–water partition coefficient (Wildman–Crippen LogP) is 5.28. The van der Waals surface area contributed by atoms with Gasteiger partial charge in [0.05, 0.1) is 58.0 Å². The second-order valence-electron chi connectivity index (χ2n) is 11.9.